The molecule has 3 N–H and O–H groups in total. The molecule has 8 heteroatoms. The number of ether oxygens (including phenoxy) is 3. The van der Waals surface area contributed by atoms with Crippen molar-refractivity contribution in [2.75, 3.05) is 20.7 Å². The second-order valence-corrected chi connectivity index (χ2v) is 6.73. The molecule has 1 aromatic rings. The molecule has 0 radical (unpaired) electrons. The zero-order chi connectivity index (χ0) is 18.8. The SMILES string of the molecule is CC(=NC(=O)[C@@H]1O[C@@H]2CO[C@H](c3ccccc3)O[C@@H]2[C@H](N)[C@H]1O)N(C)C. The molecule has 1 amide bonds. The number of aliphatic imine (C=N–C) groups is 1. The summed E-state index contributed by atoms with van der Waals surface area (Å²) in [7, 11) is 3.55. The van der Waals surface area contributed by atoms with Crippen LogP contribution in [0.5, 0.6) is 0 Å². The summed E-state index contributed by atoms with van der Waals surface area (Å²) in [6.45, 7) is 1.91. The lowest BCUT2D eigenvalue weighted by atomic mass is 9.92. The Labute approximate surface area is 152 Å². The molecule has 0 unspecified atom stereocenters. The molecule has 2 fully saturated rings. The first-order valence-electron chi connectivity index (χ1n) is 8.56. The van der Waals surface area contributed by atoms with E-state index in [1.807, 2.05) is 30.3 Å². The van der Waals surface area contributed by atoms with Crippen molar-refractivity contribution in [3.8, 4) is 0 Å². The molecule has 0 spiro atoms. The predicted molar refractivity (Wildman–Crippen MR) is 94.5 cm³/mol. The van der Waals surface area contributed by atoms with Gasteiger partial charge in [-0.1, -0.05) is 30.3 Å². The third-order valence-corrected chi connectivity index (χ3v) is 4.70. The van der Waals surface area contributed by atoms with Gasteiger partial charge in [0.1, 0.15) is 24.1 Å². The number of benzene rings is 1. The van der Waals surface area contributed by atoms with Gasteiger partial charge in [0.15, 0.2) is 12.4 Å². The van der Waals surface area contributed by atoms with Crippen LogP contribution in [0.2, 0.25) is 0 Å². The van der Waals surface area contributed by atoms with Crippen LogP contribution in [0, 0.1) is 0 Å². The maximum atomic E-state index is 12.4. The Morgan fingerprint density at radius 1 is 1.27 bits per heavy atom. The highest BCUT2D eigenvalue weighted by atomic mass is 16.7. The maximum absolute atomic E-state index is 12.4. The van der Waals surface area contributed by atoms with Crippen LogP contribution in [0.3, 0.4) is 0 Å². The standard InChI is InChI=1S/C18H25N3O5/c1-10(21(2)3)20-17(23)16-14(22)13(19)15-12(25-16)9-24-18(26-15)11-7-5-4-6-8-11/h4-8,12-16,18,22H,9,19H2,1-3H3/t12-,13-,14-,15+,16-,18+/m1/s1. The fourth-order valence-corrected chi connectivity index (χ4v) is 2.98. The number of amidine groups is 1. The van der Waals surface area contributed by atoms with Crippen LogP contribution >= 0.6 is 0 Å². The minimum Gasteiger partial charge on any atom is -0.388 e. The molecule has 2 aliphatic rings. The molecule has 3 rings (SSSR count). The summed E-state index contributed by atoms with van der Waals surface area (Å²) in [4.78, 5) is 18.1. The number of nitrogens with zero attached hydrogens (tertiary/aromatic N) is 2. The summed E-state index contributed by atoms with van der Waals surface area (Å²) in [6, 6.07) is 8.68. The predicted octanol–water partition coefficient (Wildman–Crippen LogP) is 0.0628. The highest BCUT2D eigenvalue weighted by Crippen LogP contribution is 2.33. The van der Waals surface area contributed by atoms with E-state index in [4.69, 9.17) is 19.9 Å². The van der Waals surface area contributed by atoms with Gasteiger partial charge in [-0.3, -0.25) is 4.79 Å². The van der Waals surface area contributed by atoms with E-state index in [0.717, 1.165) is 5.56 Å². The van der Waals surface area contributed by atoms with Gasteiger partial charge >= 0.3 is 0 Å². The highest BCUT2D eigenvalue weighted by Gasteiger charge is 2.50. The quantitative estimate of drug-likeness (QED) is 0.565. The molecule has 142 valence electrons. The zero-order valence-electron chi connectivity index (χ0n) is 15.1. The van der Waals surface area contributed by atoms with E-state index >= 15 is 0 Å². The van der Waals surface area contributed by atoms with Crippen LogP contribution in [0.4, 0.5) is 0 Å². The minimum absolute atomic E-state index is 0.213. The van der Waals surface area contributed by atoms with E-state index in [0.29, 0.717) is 5.84 Å². The van der Waals surface area contributed by atoms with Gasteiger partial charge in [-0.05, 0) is 6.92 Å². The second kappa shape index (κ2) is 7.81. The Bertz CT molecular complexity index is 664. The van der Waals surface area contributed by atoms with Gasteiger partial charge in [0.25, 0.3) is 5.91 Å². The van der Waals surface area contributed by atoms with Crippen molar-refractivity contribution in [1.29, 1.82) is 0 Å². The number of carbonyl (C=O) groups excluding carboxylic acids is 1. The van der Waals surface area contributed by atoms with Gasteiger partial charge in [-0.15, -0.1) is 0 Å². The van der Waals surface area contributed by atoms with E-state index in [-0.39, 0.29) is 6.61 Å². The molecular weight excluding hydrogens is 338 g/mol. The zero-order valence-corrected chi connectivity index (χ0v) is 15.1. The highest BCUT2D eigenvalue weighted by molar-refractivity contribution is 5.95. The molecule has 1 aromatic carbocycles. The van der Waals surface area contributed by atoms with Crippen LogP contribution in [-0.2, 0) is 19.0 Å². The van der Waals surface area contributed by atoms with Crippen LogP contribution in [0.1, 0.15) is 18.8 Å². The van der Waals surface area contributed by atoms with Crippen molar-refractivity contribution in [3.63, 3.8) is 0 Å². The normalized spacial score (nSPS) is 34.9. The average Bonchev–Trinajstić information content (AvgIpc) is 2.64. The molecule has 2 heterocycles. The van der Waals surface area contributed by atoms with E-state index in [1.54, 1.807) is 25.9 Å². The van der Waals surface area contributed by atoms with E-state index in [2.05, 4.69) is 4.99 Å². The van der Waals surface area contributed by atoms with Crippen molar-refractivity contribution in [2.45, 2.75) is 43.7 Å². The van der Waals surface area contributed by atoms with Crippen molar-refractivity contribution in [1.82, 2.24) is 4.90 Å². The summed E-state index contributed by atoms with van der Waals surface area (Å²) < 4.78 is 17.4. The van der Waals surface area contributed by atoms with Gasteiger partial charge in [0.2, 0.25) is 0 Å². The van der Waals surface area contributed by atoms with Crippen molar-refractivity contribution in [3.05, 3.63) is 35.9 Å². The molecular formula is C18H25N3O5. The Balaban J connectivity index is 1.72. The van der Waals surface area contributed by atoms with Crippen LogP contribution in [0.15, 0.2) is 35.3 Å². The Morgan fingerprint density at radius 3 is 2.62 bits per heavy atom. The number of rotatable bonds is 2. The molecule has 0 aliphatic carbocycles. The van der Waals surface area contributed by atoms with Gasteiger partial charge in [0, 0.05) is 19.7 Å². The van der Waals surface area contributed by atoms with Gasteiger partial charge in [0.05, 0.1) is 12.6 Å². The van der Waals surface area contributed by atoms with Crippen molar-refractivity contribution < 1.29 is 24.1 Å². The van der Waals surface area contributed by atoms with E-state index in [9.17, 15) is 9.90 Å². The first kappa shape index (κ1) is 18.9. The third kappa shape index (κ3) is 3.79. The van der Waals surface area contributed by atoms with Crippen molar-refractivity contribution in [2.24, 2.45) is 10.7 Å². The lowest BCUT2D eigenvalue weighted by Gasteiger charge is -2.46. The number of nitrogens with two attached hydrogens (primary N) is 1. The first-order valence-corrected chi connectivity index (χ1v) is 8.56. The summed E-state index contributed by atoms with van der Waals surface area (Å²) in [5.41, 5.74) is 7.03. The minimum atomic E-state index is -1.21. The molecule has 2 aliphatic heterocycles. The third-order valence-electron chi connectivity index (χ3n) is 4.70. The first-order chi connectivity index (χ1) is 12.4. The number of amides is 1. The summed E-state index contributed by atoms with van der Waals surface area (Å²) in [5, 5.41) is 10.5. The fourth-order valence-electron chi connectivity index (χ4n) is 2.98. The molecule has 0 bridgehead atoms. The average molecular weight is 363 g/mol. The second-order valence-electron chi connectivity index (χ2n) is 6.73. The molecule has 26 heavy (non-hydrogen) atoms. The summed E-state index contributed by atoms with van der Waals surface area (Å²) >= 11 is 0. The van der Waals surface area contributed by atoms with Crippen LogP contribution in [0.25, 0.3) is 0 Å². The van der Waals surface area contributed by atoms with E-state index in [1.165, 1.54) is 0 Å². The Morgan fingerprint density at radius 2 is 1.96 bits per heavy atom. The topological polar surface area (TPSA) is 107 Å². The number of hydrogen-bond acceptors (Lipinski definition) is 6. The Kier molecular flexibility index (Phi) is 5.69. The number of aliphatic hydroxyl groups is 1. The summed E-state index contributed by atoms with van der Waals surface area (Å²) in [6.07, 6.45) is -4.05. The van der Waals surface area contributed by atoms with Crippen LogP contribution < -0.4 is 5.73 Å². The lowest BCUT2D eigenvalue weighted by molar-refractivity contribution is -0.302. The number of hydrogen-bond donors (Lipinski definition) is 2. The molecule has 2 saturated heterocycles. The van der Waals surface area contributed by atoms with Gasteiger partial charge < -0.3 is 30.0 Å². The smallest absolute Gasteiger partial charge is 0.279 e. The van der Waals surface area contributed by atoms with E-state index < -0.39 is 42.7 Å². The molecule has 0 aromatic heterocycles. The fraction of sp³-hybridized carbons (Fsp3) is 0.556. The summed E-state index contributed by atoms with van der Waals surface area (Å²) in [5.74, 6) is -0.0513. The molecule has 8 nitrogen and oxygen atoms in total. The molecule has 0 saturated carbocycles. The lowest BCUT2D eigenvalue weighted by Crippen LogP contribution is -2.66. The molecule has 6 atom stereocenters. The van der Waals surface area contributed by atoms with Gasteiger partial charge in [-0.2, -0.15) is 4.99 Å². The largest absolute Gasteiger partial charge is 0.388 e. The van der Waals surface area contributed by atoms with Crippen LogP contribution in [-0.4, -0.2) is 72.9 Å². The number of carbonyl (C=O) groups is 1. The monoisotopic (exact) mass is 363 g/mol. The number of aliphatic hydroxyl groups excluding tert-OH is 1. The van der Waals surface area contributed by atoms with Gasteiger partial charge in [-0.25, -0.2) is 0 Å². The van der Waals surface area contributed by atoms with Crippen molar-refractivity contribution >= 4 is 11.7 Å². The number of fused-ring (bicyclic) bond motifs is 1. The maximum Gasteiger partial charge on any atom is 0.279 e. The Hall–Kier alpha value is -1.84.